The first-order valence-corrected chi connectivity index (χ1v) is 5.41. The van der Waals surface area contributed by atoms with Crippen molar-refractivity contribution in [3.8, 4) is 0 Å². The zero-order valence-corrected chi connectivity index (χ0v) is 11.5. The van der Waals surface area contributed by atoms with Gasteiger partial charge < -0.3 is 14.6 Å². The fourth-order valence-corrected chi connectivity index (χ4v) is 1.20. The first-order chi connectivity index (χ1) is 8.29. The molecule has 19 heavy (non-hydrogen) atoms. The monoisotopic (exact) mass is 258 g/mol. The van der Waals surface area contributed by atoms with Crippen LogP contribution in [-0.4, -0.2) is 29.2 Å². The van der Waals surface area contributed by atoms with Crippen molar-refractivity contribution in [2.45, 2.75) is 26.4 Å². The number of carboxylic acid groups (broad SMARTS) is 1. The van der Waals surface area contributed by atoms with E-state index in [1.807, 2.05) is 0 Å². The van der Waals surface area contributed by atoms with E-state index in [9.17, 15) is 14.7 Å². The number of nitrogens with zero attached hydrogens (tertiary/aromatic N) is 2. The zero-order valence-electron chi connectivity index (χ0n) is 11.5. The Morgan fingerprint density at radius 1 is 1.37 bits per heavy atom. The number of carbonyl (C=O) groups is 2. The van der Waals surface area contributed by atoms with Crippen LogP contribution in [0.4, 0.5) is 10.6 Å². The third-order valence-electron chi connectivity index (χ3n) is 1.83. The minimum atomic E-state index is -1.38. The van der Waals surface area contributed by atoms with E-state index in [2.05, 4.69) is 4.98 Å². The van der Waals surface area contributed by atoms with Crippen LogP contribution in [0, 0.1) is 0 Å². The van der Waals surface area contributed by atoms with Gasteiger partial charge in [-0.05, 0) is 32.9 Å². The van der Waals surface area contributed by atoms with E-state index >= 15 is 0 Å². The van der Waals surface area contributed by atoms with Crippen molar-refractivity contribution in [1.82, 2.24) is 4.98 Å². The number of carbonyl (C=O) groups excluding carboxylic acids is 2. The molecule has 0 bridgehead atoms. The molecular weight excluding hydrogens is 243 g/mol. The van der Waals surface area contributed by atoms with Gasteiger partial charge in [-0.25, -0.2) is 9.78 Å². The van der Waals surface area contributed by atoms with Gasteiger partial charge in [0.15, 0.2) is 0 Å². The molecule has 0 radical (unpaired) electrons. The van der Waals surface area contributed by atoms with Gasteiger partial charge in [0.05, 0.1) is 12.5 Å². The molecule has 1 rings (SSSR count). The summed E-state index contributed by atoms with van der Waals surface area (Å²) in [5.74, 6) is -1.18. The van der Waals surface area contributed by atoms with E-state index in [4.69, 9.17) is 4.74 Å². The summed E-state index contributed by atoms with van der Waals surface area (Å²) in [7, 11) is 0. The molecule has 0 aliphatic heterocycles. The fourth-order valence-electron chi connectivity index (χ4n) is 1.20. The Bertz CT molecular complexity index is 431. The molecule has 6 nitrogen and oxygen atoms in total. The summed E-state index contributed by atoms with van der Waals surface area (Å²) in [4.78, 5) is 27.4. The van der Waals surface area contributed by atoms with Crippen molar-refractivity contribution < 1.29 is 38.3 Å². The average molecular weight is 258 g/mol. The Hall–Kier alpha value is -1.51. The Morgan fingerprint density at radius 2 is 2.00 bits per heavy atom. The van der Waals surface area contributed by atoms with Gasteiger partial charge in [0.2, 0.25) is 0 Å². The molecular formula is C12H15LiN2O4. The molecule has 0 aliphatic carbocycles. The first-order valence-electron chi connectivity index (χ1n) is 5.41. The Morgan fingerprint density at radius 3 is 2.42 bits per heavy atom. The summed E-state index contributed by atoms with van der Waals surface area (Å²) < 4.78 is 5.11. The Balaban J connectivity index is 0.00000324. The minimum absolute atomic E-state index is 0. The van der Waals surface area contributed by atoms with Gasteiger partial charge >= 0.3 is 25.0 Å². The van der Waals surface area contributed by atoms with Crippen LogP contribution in [0.2, 0.25) is 0 Å². The second-order valence-electron chi connectivity index (χ2n) is 4.63. The van der Waals surface area contributed by atoms with Gasteiger partial charge in [0, 0.05) is 6.20 Å². The number of rotatable bonds is 3. The fraction of sp³-hybridized carbons (Fsp3) is 0.417. The zero-order chi connectivity index (χ0) is 13.8. The summed E-state index contributed by atoms with van der Waals surface area (Å²) in [5.41, 5.74) is -0.712. The third kappa shape index (κ3) is 6.27. The molecule has 0 saturated carbocycles. The SMILES string of the molecule is CC(C)(C)OC(=O)N(CC(=O)[O-])c1ccccn1.[Li+]. The minimum Gasteiger partial charge on any atom is -0.548 e. The number of hydrogen-bond donors (Lipinski definition) is 0. The molecule has 0 N–H and O–H groups in total. The van der Waals surface area contributed by atoms with Crippen LogP contribution in [0.25, 0.3) is 0 Å². The standard InChI is InChI=1S/C12H16N2O4.Li/c1-12(2,3)18-11(17)14(8-10(15)16)9-6-4-5-7-13-9;/h4-7H,8H2,1-3H3,(H,15,16);/q;+1/p-1. The van der Waals surface area contributed by atoms with E-state index in [-0.39, 0.29) is 24.7 Å². The molecule has 0 aromatic carbocycles. The molecule has 0 atom stereocenters. The van der Waals surface area contributed by atoms with Crippen molar-refractivity contribution >= 4 is 17.9 Å². The Labute approximate surface area is 123 Å². The third-order valence-corrected chi connectivity index (χ3v) is 1.83. The largest absolute Gasteiger partial charge is 1.00 e. The van der Waals surface area contributed by atoms with E-state index in [1.54, 1.807) is 32.9 Å². The number of pyridine rings is 1. The van der Waals surface area contributed by atoms with E-state index in [0.717, 1.165) is 4.90 Å². The smallest absolute Gasteiger partial charge is 0.548 e. The van der Waals surface area contributed by atoms with Crippen molar-refractivity contribution in [2.24, 2.45) is 0 Å². The van der Waals surface area contributed by atoms with Crippen molar-refractivity contribution in [2.75, 3.05) is 11.4 Å². The molecule has 0 saturated heterocycles. The van der Waals surface area contributed by atoms with Gasteiger partial charge in [0.1, 0.15) is 11.4 Å². The summed E-state index contributed by atoms with van der Waals surface area (Å²) in [6.45, 7) is 4.48. The number of ether oxygens (including phenoxy) is 1. The quantitative estimate of drug-likeness (QED) is 0.563. The maximum atomic E-state index is 11.9. The predicted molar refractivity (Wildman–Crippen MR) is 62.8 cm³/mol. The molecule has 1 heterocycles. The van der Waals surface area contributed by atoms with Crippen LogP contribution in [0.15, 0.2) is 24.4 Å². The number of aliphatic carboxylic acids is 1. The second-order valence-corrected chi connectivity index (χ2v) is 4.63. The molecule has 1 amide bonds. The van der Waals surface area contributed by atoms with Gasteiger partial charge in [-0.2, -0.15) is 0 Å². The van der Waals surface area contributed by atoms with Gasteiger partial charge in [-0.15, -0.1) is 0 Å². The van der Waals surface area contributed by atoms with Crippen molar-refractivity contribution in [3.05, 3.63) is 24.4 Å². The topological polar surface area (TPSA) is 82.6 Å². The van der Waals surface area contributed by atoms with Crippen LogP contribution in [0.1, 0.15) is 20.8 Å². The number of hydrogen-bond acceptors (Lipinski definition) is 5. The van der Waals surface area contributed by atoms with E-state index < -0.39 is 24.2 Å². The molecule has 7 heteroatoms. The molecule has 1 aromatic heterocycles. The molecule has 98 valence electrons. The van der Waals surface area contributed by atoms with Crippen LogP contribution in [-0.2, 0) is 9.53 Å². The summed E-state index contributed by atoms with van der Waals surface area (Å²) >= 11 is 0. The predicted octanol–water partition coefficient (Wildman–Crippen LogP) is -2.42. The number of amides is 1. The van der Waals surface area contributed by atoms with E-state index in [1.165, 1.54) is 12.3 Å². The molecule has 0 unspecified atom stereocenters. The summed E-state index contributed by atoms with van der Waals surface area (Å²) in [6, 6.07) is 4.83. The van der Waals surface area contributed by atoms with Crippen LogP contribution >= 0.6 is 0 Å². The number of aromatic nitrogens is 1. The first kappa shape index (κ1) is 17.5. The van der Waals surface area contributed by atoms with Crippen LogP contribution in [0.5, 0.6) is 0 Å². The number of carboxylic acids is 1. The normalized spacial score (nSPS) is 10.3. The van der Waals surface area contributed by atoms with Crippen LogP contribution < -0.4 is 28.9 Å². The second kappa shape index (κ2) is 7.17. The molecule has 0 spiro atoms. The molecule has 1 aromatic rings. The summed E-state index contributed by atoms with van der Waals surface area (Å²) in [6.07, 6.45) is 0.688. The average Bonchev–Trinajstić information content (AvgIpc) is 2.24. The van der Waals surface area contributed by atoms with Gasteiger partial charge in [-0.1, -0.05) is 6.07 Å². The summed E-state index contributed by atoms with van der Waals surface area (Å²) in [5, 5.41) is 10.7. The molecule has 0 aliphatic rings. The van der Waals surface area contributed by atoms with E-state index in [0.29, 0.717) is 0 Å². The maximum Gasteiger partial charge on any atom is 1.00 e. The number of anilines is 1. The van der Waals surface area contributed by atoms with Gasteiger partial charge in [-0.3, -0.25) is 4.90 Å². The maximum absolute atomic E-state index is 11.9. The van der Waals surface area contributed by atoms with Gasteiger partial charge in [0.25, 0.3) is 0 Å². The molecule has 0 fully saturated rings. The van der Waals surface area contributed by atoms with Crippen LogP contribution in [0.3, 0.4) is 0 Å². The Kier molecular flexibility index (Phi) is 6.60. The van der Waals surface area contributed by atoms with Crippen molar-refractivity contribution in [3.63, 3.8) is 0 Å². The van der Waals surface area contributed by atoms with Crippen molar-refractivity contribution in [1.29, 1.82) is 0 Å².